The number of aliphatic hydroxyl groups excluding tert-OH is 1. The molecule has 0 aliphatic carbocycles. The number of amides is 2. The highest BCUT2D eigenvalue weighted by atomic mass is 35.5. The predicted molar refractivity (Wildman–Crippen MR) is 164 cm³/mol. The number of benzene rings is 2. The number of hydrogen-bond acceptors (Lipinski definition) is 12. The number of allylic oxidation sites excluding steroid dienone is 1. The third kappa shape index (κ3) is 9.65. The van der Waals surface area contributed by atoms with E-state index in [1.807, 2.05) is 0 Å². The van der Waals surface area contributed by atoms with Crippen LogP contribution < -0.4 is 35.0 Å². The number of carbonyl (C=O) groups is 3. The predicted octanol–water partition coefficient (Wildman–Crippen LogP) is 3.20. The zero-order chi connectivity index (χ0) is 32.9. The molecule has 1 heterocycles. The number of nitrogens with one attached hydrogen (secondary N) is 3. The van der Waals surface area contributed by atoms with Crippen LogP contribution in [-0.2, 0) is 19.1 Å². The smallest absolute Gasteiger partial charge is 0.344 e. The minimum Gasteiger partial charge on any atom is -0.490 e. The highest BCUT2D eigenvalue weighted by Crippen LogP contribution is 2.37. The molecule has 2 atom stereocenters. The van der Waals surface area contributed by atoms with Crippen LogP contribution in [0.25, 0.3) is 0 Å². The number of esters is 2. The van der Waals surface area contributed by atoms with Crippen LogP contribution in [0.4, 0.5) is 4.79 Å². The van der Waals surface area contributed by atoms with Crippen LogP contribution in [0.2, 0.25) is 5.02 Å². The molecule has 0 unspecified atom stereocenters. The van der Waals surface area contributed by atoms with Gasteiger partial charge in [0.1, 0.15) is 6.61 Å². The number of halogens is 1. The number of carbonyl (C=O) groups excluding carboxylic acids is 3. The zero-order valence-corrected chi connectivity index (χ0v) is 26.4. The number of hydrogen-bond donors (Lipinski definition) is 4. The van der Waals surface area contributed by atoms with Crippen molar-refractivity contribution < 1.29 is 47.9 Å². The largest absolute Gasteiger partial charge is 0.490 e. The van der Waals surface area contributed by atoms with E-state index in [4.69, 9.17) is 40.0 Å². The second kappa shape index (κ2) is 17.0. The molecule has 1 aliphatic heterocycles. The molecule has 15 heteroatoms. The topological polar surface area (TPSA) is 175 Å². The van der Waals surface area contributed by atoms with Gasteiger partial charge >= 0.3 is 18.0 Å². The molecule has 2 amide bonds. The Morgan fingerprint density at radius 1 is 1.04 bits per heavy atom. The van der Waals surface area contributed by atoms with E-state index in [0.717, 1.165) is 0 Å². The third-order valence-electron chi connectivity index (χ3n) is 6.08. The molecule has 2 aromatic carbocycles. The Morgan fingerprint density at radius 2 is 1.78 bits per heavy atom. The van der Waals surface area contributed by atoms with E-state index >= 15 is 0 Å². The van der Waals surface area contributed by atoms with E-state index in [2.05, 4.69) is 21.2 Å². The maximum atomic E-state index is 12.4. The van der Waals surface area contributed by atoms with E-state index in [-0.39, 0.29) is 36.2 Å². The standard InChI is InChI=1S/C30H37ClN4O10/c1-6-41-22-13-19(27-26(29(38)40-5)17(4)33-30(39)34-27)9-10-21(22)44-15-24(36)35-32-14-18-11-20(31)28(23(12-18)42-7-2)45-16-25(37)43-8-3/h9-14,24,27,35-36H,6-8,15-16H2,1-5H3,(H2,33,34,39)/b32-14-/t24-,27+/m0/s1. The fourth-order valence-electron chi connectivity index (χ4n) is 4.22. The summed E-state index contributed by atoms with van der Waals surface area (Å²) in [4.78, 5) is 36.3. The van der Waals surface area contributed by atoms with E-state index < -0.39 is 30.2 Å². The Morgan fingerprint density at radius 3 is 2.47 bits per heavy atom. The summed E-state index contributed by atoms with van der Waals surface area (Å²) in [7, 11) is 1.26. The van der Waals surface area contributed by atoms with Crippen LogP contribution in [0, 0.1) is 0 Å². The summed E-state index contributed by atoms with van der Waals surface area (Å²) in [6.07, 6.45) is 0.194. The normalized spacial score (nSPS) is 15.1. The van der Waals surface area contributed by atoms with Crippen molar-refractivity contribution in [2.24, 2.45) is 5.10 Å². The average molecular weight is 649 g/mol. The van der Waals surface area contributed by atoms with E-state index in [9.17, 15) is 19.5 Å². The quantitative estimate of drug-likeness (QED) is 0.0910. The van der Waals surface area contributed by atoms with Gasteiger partial charge in [0.25, 0.3) is 0 Å². The minimum absolute atomic E-state index is 0.191. The molecule has 14 nitrogen and oxygen atoms in total. The Hall–Kier alpha value is -4.69. The van der Waals surface area contributed by atoms with Gasteiger partial charge in [0, 0.05) is 5.70 Å². The second-order valence-corrected chi connectivity index (χ2v) is 9.68. The number of nitrogens with zero attached hydrogens (tertiary/aromatic N) is 1. The van der Waals surface area contributed by atoms with Crippen molar-refractivity contribution in [2.75, 3.05) is 40.1 Å². The molecule has 0 fully saturated rings. The monoisotopic (exact) mass is 648 g/mol. The second-order valence-electron chi connectivity index (χ2n) is 9.27. The summed E-state index contributed by atoms with van der Waals surface area (Å²) in [5.74, 6) is 0.0203. The highest BCUT2D eigenvalue weighted by molar-refractivity contribution is 6.32. The molecule has 0 aromatic heterocycles. The van der Waals surface area contributed by atoms with Gasteiger partial charge < -0.3 is 44.2 Å². The van der Waals surface area contributed by atoms with Gasteiger partial charge in [-0.25, -0.2) is 14.4 Å². The Labute approximate surface area is 265 Å². The maximum absolute atomic E-state index is 12.4. The van der Waals surface area contributed by atoms with Gasteiger partial charge in [0.05, 0.1) is 49.8 Å². The third-order valence-corrected chi connectivity index (χ3v) is 6.36. The minimum atomic E-state index is -1.22. The lowest BCUT2D eigenvalue weighted by atomic mass is 9.95. The summed E-state index contributed by atoms with van der Waals surface area (Å²) in [5, 5.41) is 20.0. The van der Waals surface area contributed by atoms with Crippen molar-refractivity contribution >= 4 is 35.8 Å². The fraction of sp³-hybridized carbons (Fsp3) is 0.400. The Balaban J connectivity index is 1.67. The van der Waals surface area contributed by atoms with Crippen LogP contribution in [0.3, 0.4) is 0 Å². The molecule has 0 bridgehead atoms. The lowest BCUT2D eigenvalue weighted by Crippen LogP contribution is -2.45. The van der Waals surface area contributed by atoms with Gasteiger partial charge in [0.15, 0.2) is 35.8 Å². The lowest BCUT2D eigenvalue weighted by molar-refractivity contribution is -0.145. The SMILES string of the molecule is CCOC(=O)COc1c(Cl)cc(/C=N\N[C@@H](O)COc2ccc([C@H]3NC(=O)NC(C)=C3C(=O)OC)cc2OCC)cc1OCC. The summed E-state index contributed by atoms with van der Waals surface area (Å²) in [6.45, 7) is 7.20. The van der Waals surface area contributed by atoms with Crippen LogP contribution in [0.1, 0.15) is 44.9 Å². The molecular formula is C30H37ClN4O10. The van der Waals surface area contributed by atoms with E-state index in [1.54, 1.807) is 58.0 Å². The summed E-state index contributed by atoms with van der Waals surface area (Å²) >= 11 is 6.37. The summed E-state index contributed by atoms with van der Waals surface area (Å²) in [5.41, 5.74) is 4.27. The molecule has 0 saturated carbocycles. The molecule has 3 rings (SSSR count). The Bertz CT molecular complexity index is 1430. The van der Waals surface area contributed by atoms with Crippen molar-refractivity contribution in [3.8, 4) is 23.0 Å². The van der Waals surface area contributed by atoms with Crippen molar-refractivity contribution in [1.29, 1.82) is 0 Å². The molecule has 0 radical (unpaired) electrons. The van der Waals surface area contributed by atoms with Gasteiger partial charge in [-0.1, -0.05) is 17.7 Å². The molecule has 1 aliphatic rings. The molecule has 0 saturated heterocycles. The van der Waals surface area contributed by atoms with Crippen molar-refractivity contribution in [2.45, 2.75) is 40.0 Å². The Kier molecular flexibility index (Phi) is 13.1. The van der Waals surface area contributed by atoms with Crippen molar-refractivity contribution in [3.05, 3.63) is 57.8 Å². The molecule has 2 aromatic rings. The van der Waals surface area contributed by atoms with Crippen LogP contribution in [0.15, 0.2) is 46.7 Å². The lowest BCUT2D eigenvalue weighted by Gasteiger charge is -2.28. The molecular weight excluding hydrogens is 612 g/mol. The average Bonchev–Trinajstić information content (AvgIpc) is 2.99. The molecule has 45 heavy (non-hydrogen) atoms. The van der Waals surface area contributed by atoms with Gasteiger partial charge in [-0.15, -0.1) is 0 Å². The van der Waals surface area contributed by atoms with Crippen LogP contribution in [-0.4, -0.2) is 75.7 Å². The highest BCUT2D eigenvalue weighted by Gasteiger charge is 2.32. The van der Waals surface area contributed by atoms with Crippen molar-refractivity contribution in [3.63, 3.8) is 0 Å². The first kappa shape index (κ1) is 34.8. The van der Waals surface area contributed by atoms with E-state index in [1.165, 1.54) is 13.3 Å². The zero-order valence-electron chi connectivity index (χ0n) is 25.6. The first-order chi connectivity index (χ1) is 21.6. The van der Waals surface area contributed by atoms with Gasteiger partial charge in [-0.3, -0.25) is 5.43 Å². The number of urea groups is 1. The first-order valence-electron chi connectivity index (χ1n) is 14.1. The first-order valence-corrected chi connectivity index (χ1v) is 14.5. The van der Waals surface area contributed by atoms with E-state index in [0.29, 0.717) is 47.3 Å². The number of ether oxygens (including phenoxy) is 6. The number of hydrazone groups is 1. The molecule has 4 N–H and O–H groups in total. The number of aliphatic hydroxyl groups is 1. The molecule has 0 spiro atoms. The summed E-state index contributed by atoms with van der Waals surface area (Å²) < 4.78 is 32.4. The number of rotatable bonds is 16. The maximum Gasteiger partial charge on any atom is 0.344 e. The van der Waals surface area contributed by atoms with Crippen LogP contribution in [0.5, 0.6) is 23.0 Å². The fourth-order valence-corrected chi connectivity index (χ4v) is 4.49. The van der Waals surface area contributed by atoms with Gasteiger partial charge in [-0.2, -0.15) is 5.10 Å². The molecule has 244 valence electrons. The van der Waals surface area contributed by atoms with Crippen LogP contribution >= 0.6 is 11.6 Å². The van der Waals surface area contributed by atoms with Gasteiger partial charge in [-0.05, 0) is 63.1 Å². The van der Waals surface area contributed by atoms with Crippen molar-refractivity contribution in [1.82, 2.24) is 16.1 Å². The number of methoxy groups -OCH3 is 1. The summed E-state index contributed by atoms with van der Waals surface area (Å²) in [6, 6.07) is 6.85. The van der Waals surface area contributed by atoms with Gasteiger partial charge in [0.2, 0.25) is 0 Å².